The molecule has 9 heteroatoms. The summed E-state index contributed by atoms with van der Waals surface area (Å²) in [6.07, 6.45) is 1.75. The Labute approximate surface area is 207 Å². The normalized spacial score (nSPS) is 15.2. The Hall–Kier alpha value is -3.17. The van der Waals surface area contributed by atoms with Gasteiger partial charge in [-0.1, -0.05) is 31.2 Å². The summed E-state index contributed by atoms with van der Waals surface area (Å²) in [5.41, 5.74) is 3.16. The first-order valence-corrected chi connectivity index (χ1v) is 13.2. The smallest absolute Gasteiger partial charge is 0.255 e. The molecular weight excluding hydrogens is 464 g/mol. The molecule has 1 aliphatic rings. The van der Waals surface area contributed by atoms with E-state index in [1.165, 1.54) is 0 Å². The van der Waals surface area contributed by atoms with Crippen molar-refractivity contribution in [3.05, 3.63) is 71.0 Å². The number of aromatic nitrogens is 2. The number of nitrogens with zero attached hydrogens (tertiary/aromatic N) is 3. The van der Waals surface area contributed by atoms with Crippen molar-refractivity contribution >= 4 is 21.6 Å². The molecule has 8 nitrogen and oxygen atoms in total. The molecule has 1 saturated heterocycles. The van der Waals surface area contributed by atoms with Crippen LogP contribution in [0.5, 0.6) is 5.75 Å². The molecule has 0 bridgehead atoms. The third kappa shape index (κ3) is 5.26. The molecule has 0 aliphatic carbocycles. The van der Waals surface area contributed by atoms with Crippen molar-refractivity contribution in [1.29, 1.82) is 0 Å². The predicted molar refractivity (Wildman–Crippen MR) is 135 cm³/mol. The van der Waals surface area contributed by atoms with Gasteiger partial charge in [0.1, 0.15) is 10.6 Å². The van der Waals surface area contributed by atoms with Crippen LogP contribution in [0.25, 0.3) is 0 Å². The maximum absolute atomic E-state index is 13.3. The van der Waals surface area contributed by atoms with E-state index in [4.69, 9.17) is 4.74 Å². The van der Waals surface area contributed by atoms with E-state index in [-0.39, 0.29) is 5.91 Å². The van der Waals surface area contributed by atoms with Crippen molar-refractivity contribution in [1.82, 2.24) is 14.1 Å². The van der Waals surface area contributed by atoms with E-state index in [0.29, 0.717) is 58.8 Å². The topological polar surface area (TPSA) is 93.5 Å². The fourth-order valence-corrected chi connectivity index (χ4v) is 6.28. The van der Waals surface area contributed by atoms with Gasteiger partial charge >= 0.3 is 0 Å². The van der Waals surface area contributed by atoms with E-state index in [0.717, 1.165) is 18.4 Å². The van der Waals surface area contributed by atoms with Crippen LogP contribution < -0.4 is 10.1 Å². The quantitative estimate of drug-likeness (QED) is 0.528. The zero-order chi connectivity index (χ0) is 25.2. The summed E-state index contributed by atoms with van der Waals surface area (Å²) in [5, 5.41) is 7.40. The minimum atomic E-state index is -3.58. The highest BCUT2D eigenvalue weighted by atomic mass is 32.2. The molecule has 2 heterocycles. The Bertz CT molecular complexity index is 1310. The number of aryl methyl sites for hydroxylation is 1. The lowest BCUT2D eigenvalue weighted by Crippen LogP contribution is -2.38. The van der Waals surface area contributed by atoms with Crippen molar-refractivity contribution in [3.63, 3.8) is 0 Å². The van der Waals surface area contributed by atoms with Crippen LogP contribution in [0.1, 0.15) is 47.1 Å². The van der Waals surface area contributed by atoms with Gasteiger partial charge in [-0.05, 0) is 62.4 Å². The van der Waals surface area contributed by atoms with E-state index < -0.39 is 10.0 Å². The second-order valence-corrected chi connectivity index (χ2v) is 11.0. The largest absolute Gasteiger partial charge is 0.495 e. The number of methoxy groups -OCH3 is 1. The Morgan fingerprint density at radius 1 is 1.09 bits per heavy atom. The van der Waals surface area contributed by atoms with Crippen molar-refractivity contribution < 1.29 is 17.9 Å². The number of rotatable bonds is 7. The van der Waals surface area contributed by atoms with Gasteiger partial charge in [0.15, 0.2) is 0 Å². The van der Waals surface area contributed by atoms with E-state index >= 15 is 0 Å². The average molecular weight is 497 g/mol. The molecule has 186 valence electrons. The second kappa shape index (κ2) is 10.2. The maximum Gasteiger partial charge on any atom is 0.255 e. The molecule has 0 atom stereocenters. The fourth-order valence-electron chi connectivity index (χ4n) is 4.44. The van der Waals surface area contributed by atoms with Crippen molar-refractivity contribution in [2.45, 2.75) is 45.1 Å². The number of hydrogen-bond acceptors (Lipinski definition) is 5. The van der Waals surface area contributed by atoms with Crippen molar-refractivity contribution in [2.24, 2.45) is 5.92 Å². The number of ether oxygens (including phenoxy) is 1. The van der Waals surface area contributed by atoms with Gasteiger partial charge in [-0.25, -0.2) is 8.42 Å². The Kier molecular flexibility index (Phi) is 7.28. The van der Waals surface area contributed by atoms with Crippen LogP contribution in [0, 0.1) is 19.8 Å². The highest BCUT2D eigenvalue weighted by Crippen LogP contribution is 2.28. The van der Waals surface area contributed by atoms with Crippen LogP contribution in [0.4, 0.5) is 5.69 Å². The molecule has 0 saturated carbocycles. The Morgan fingerprint density at radius 2 is 1.74 bits per heavy atom. The summed E-state index contributed by atoms with van der Waals surface area (Å²) in [4.78, 5) is 13.0. The number of piperidine rings is 1. The van der Waals surface area contributed by atoms with Crippen molar-refractivity contribution in [3.8, 4) is 5.75 Å². The molecule has 3 aromatic rings. The van der Waals surface area contributed by atoms with Gasteiger partial charge in [-0.15, -0.1) is 0 Å². The molecule has 1 amide bonds. The van der Waals surface area contributed by atoms with E-state index in [1.54, 1.807) is 54.2 Å². The van der Waals surface area contributed by atoms with Crippen molar-refractivity contribution in [2.75, 3.05) is 25.5 Å². The summed E-state index contributed by atoms with van der Waals surface area (Å²) in [6, 6.07) is 14.4. The third-order valence-corrected chi connectivity index (χ3v) is 8.71. The lowest BCUT2D eigenvalue weighted by molar-refractivity contribution is 0.102. The molecule has 0 radical (unpaired) electrons. The van der Waals surface area contributed by atoms with E-state index in [1.807, 2.05) is 24.3 Å². The molecule has 1 aliphatic heterocycles. The SMILES string of the molecule is COc1ccccc1NC(=O)c1ccc(Cn2nc(C)c(S(=O)(=O)N3CCC(C)CC3)c2C)cc1. The molecule has 1 aromatic heterocycles. The fraction of sp³-hybridized carbons (Fsp3) is 0.385. The first kappa shape index (κ1) is 24.9. The van der Waals surface area contributed by atoms with Gasteiger partial charge < -0.3 is 10.1 Å². The van der Waals surface area contributed by atoms with Crippen LogP contribution in [0.15, 0.2) is 53.4 Å². The number of sulfonamides is 1. The van der Waals surface area contributed by atoms with E-state index in [2.05, 4.69) is 17.3 Å². The first-order valence-electron chi connectivity index (χ1n) is 11.8. The molecule has 1 fully saturated rings. The van der Waals surface area contributed by atoms with Crippen LogP contribution in [0.3, 0.4) is 0 Å². The minimum Gasteiger partial charge on any atom is -0.495 e. The average Bonchev–Trinajstić information content (AvgIpc) is 3.13. The summed E-state index contributed by atoms with van der Waals surface area (Å²) in [7, 11) is -2.03. The molecular formula is C26H32N4O4S. The number of para-hydroxylation sites is 2. The van der Waals surface area contributed by atoms with Gasteiger partial charge in [-0.3, -0.25) is 9.48 Å². The Balaban J connectivity index is 1.49. The van der Waals surface area contributed by atoms with Gasteiger partial charge in [0, 0.05) is 18.7 Å². The molecule has 2 aromatic carbocycles. The zero-order valence-electron chi connectivity index (χ0n) is 20.6. The highest BCUT2D eigenvalue weighted by Gasteiger charge is 2.33. The summed E-state index contributed by atoms with van der Waals surface area (Å²) in [6.45, 7) is 7.21. The monoisotopic (exact) mass is 496 g/mol. The first-order chi connectivity index (χ1) is 16.7. The predicted octanol–water partition coefficient (Wildman–Crippen LogP) is 4.23. The number of carbonyl (C=O) groups excluding carboxylic acids is 1. The van der Waals surface area contributed by atoms with Crippen LogP contribution >= 0.6 is 0 Å². The molecule has 0 unspecified atom stereocenters. The van der Waals surface area contributed by atoms with Gasteiger partial charge in [0.2, 0.25) is 10.0 Å². The highest BCUT2D eigenvalue weighted by molar-refractivity contribution is 7.89. The number of amides is 1. The third-order valence-electron chi connectivity index (χ3n) is 6.56. The standard InChI is InChI=1S/C26H32N4O4S/c1-18-13-15-29(16-14-18)35(32,33)25-19(2)28-30(20(25)3)17-21-9-11-22(12-10-21)26(31)27-23-7-5-6-8-24(23)34-4/h5-12,18H,13-17H2,1-4H3,(H,27,31). The van der Waals surface area contributed by atoms with Crippen LogP contribution in [-0.2, 0) is 16.6 Å². The zero-order valence-corrected chi connectivity index (χ0v) is 21.4. The summed E-state index contributed by atoms with van der Waals surface area (Å²) >= 11 is 0. The Morgan fingerprint density at radius 3 is 2.40 bits per heavy atom. The van der Waals surface area contributed by atoms with Gasteiger partial charge in [-0.2, -0.15) is 9.40 Å². The number of anilines is 1. The maximum atomic E-state index is 13.3. The van der Waals surface area contributed by atoms with Gasteiger partial charge in [0.25, 0.3) is 5.91 Å². The molecule has 35 heavy (non-hydrogen) atoms. The second-order valence-electron chi connectivity index (χ2n) is 9.10. The summed E-state index contributed by atoms with van der Waals surface area (Å²) < 4.78 is 35.3. The number of hydrogen-bond donors (Lipinski definition) is 1. The molecule has 4 rings (SSSR count). The number of carbonyl (C=O) groups is 1. The van der Waals surface area contributed by atoms with Crippen LogP contribution in [0.2, 0.25) is 0 Å². The lowest BCUT2D eigenvalue weighted by atomic mass is 10.0. The number of benzene rings is 2. The molecule has 0 spiro atoms. The van der Waals surface area contributed by atoms with Crippen LogP contribution in [-0.4, -0.2) is 48.6 Å². The van der Waals surface area contributed by atoms with E-state index in [9.17, 15) is 13.2 Å². The lowest BCUT2D eigenvalue weighted by Gasteiger charge is -2.29. The minimum absolute atomic E-state index is 0.239. The summed E-state index contributed by atoms with van der Waals surface area (Å²) in [5.74, 6) is 0.898. The van der Waals surface area contributed by atoms with Gasteiger partial charge in [0.05, 0.1) is 30.7 Å². The number of nitrogens with one attached hydrogen (secondary N) is 1. The molecule has 1 N–H and O–H groups in total.